The summed E-state index contributed by atoms with van der Waals surface area (Å²) in [5, 5.41) is 13.9. The van der Waals surface area contributed by atoms with Gasteiger partial charge in [0, 0.05) is 12.5 Å². The fourth-order valence-corrected chi connectivity index (χ4v) is 2.99. The molecule has 1 aromatic carbocycles. The molecule has 164 valence electrons. The maximum absolute atomic E-state index is 13.7. The molecule has 13 heteroatoms. The molecule has 0 spiro atoms. The van der Waals surface area contributed by atoms with Crippen LogP contribution in [0, 0.1) is 0 Å². The Hall–Kier alpha value is -3.05. The standard InChI is InChI=1S/C18H13Cl2F3N4O4/c1-2-31-16(30)12-7-13(28)27(26-12)17-24-14(18(21,22)23)9(15(29)25-17)5-8-3-4-10(19)11(20)6-8/h3-4,6-7,28H,2,5H2,1H3,(H,24,25,29). The topological polar surface area (TPSA) is 110 Å². The Bertz CT molecular complexity index is 1210. The van der Waals surface area contributed by atoms with Crippen LogP contribution in [0.4, 0.5) is 13.2 Å². The zero-order valence-electron chi connectivity index (χ0n) is 15.6. The number of benzene rings is 1. The number of alkyl halides is 3. The molecule has 0 aliphatic heterocycles. The SMILES string of the molecule is CCOC(=O)c1cc(O)n(-c2nc(C(F)(F)F)c(Cc3ccc(Cl)c(Cl)c3)c(=O)[nH]2)n1. The number of nitrogens with one attached hydrogen (secondary N) is 1. The summed E-state index contributed by atoms with van der Waals surface area (Å²) in [5.41, 5.74) is -3.35. The van der Waals surface area contributed by atoms with Gasteiger partial charge in [0.25, 0.3) is 5.56 Å². The predicted octanol–water partition coefficient (Wildman–Crippen LogP) is 3.75. The average Bonchev–Trinajstić information content (AvgIpc) is 3.07. The van der Waals surface area contributed by atoms with Crippen LogP contribution in [0.2, 0.25) is 10.0 Å². The van der Waals surface area contributed by atoms with Crippen molar-refractivity contribution in [2.24, 2.45) is 0 Å². The summed E-state index contributed by atoms with van der Waals surface area (Å²) in [5.74, 6) is -2.37. The molecule has 0 aliphatic rings. The second-order valence-electron chi connectivity index (χ2n) is 6.16. The third-order valence-electron chi connectivity index (χ3n) is 4.01. The van der Waals surface area contributed by atoms with E-state index in [1.54, 1.807) is 0 Å². The molecule has 2 N–H and O–H groups in total. The first kappa shape index (κ1) is 22.6. The second-order valence-corrected chi connectivity index (χ2v) is 6.97. The molecular weight excluding hydrogens is 464 g/mol. The number of halogens is 5. The lowest BCUT2D eigenvalue weighted by atomic mass is 10.0. The highest BCUT2D eigenvalue weighted by Crippen LogP contribution is 2.31. The van der Waals surface area contributed by atoms with E-state index in [2.05, 4.69) is 15.1 Å². The molecular formula is C18H13Cl2F3N4O4. The number of hydrogen-bond acceptors (Lipinski definition) is 6. The first-order chi connectivity index (χ1) is 14.5. The highest BCUT2D eigenvalue weighted by atomic mass is 35.5. The van der Waals surface area contributed by atoms with Crippen LogP contribution in [0.5, 0.6) is 5.88 Å². The molecule has 0 aliphatic carbocycles. The number of rotatable bonds is 5. The molecule has 3 aromatic rings. The number of hydrogen-bond donors (Lipinski definition) is 2. The van der Waals surface area contributed by atoms with Crippen molar-refractivity contribution < 1.29 is 27.8 Å². The van der Waals surface area contributed by atoms with Crippen LogP contribution in [0.3, 0.4) is 0 Å². The quantitative estimate of drug-likeness (QED) is 0.542. The van der Waals surface area contributed by atoms with Gasteiger partial charge in [0.2, 0.25) is 11.8 Å². The van der Waals surface area contributed by atoms with Gasteiger partial charge >= 0.3 is 12.1 Å². The first-order valence-electron chi connectivity index (χ1n) is 8.62. The van der Waals surface area contributed by atoms with Crippen molar-refractivity contribution in [1.29, 1.82) is 0 Å². The lowest BCUT2D eigenvalue weighted by Gasteiger charge is -2.13. The van der Waals surface area contributed by atoms with Crippen LogP contribution < -0.4 is 5.56 Å². The van der Waals surface area contributed by atoms with E-state index in [9.17, 15) is 27.9 Å². The minimum absolute atomic E-state index is 0.0170. The van der Waals surface area contributed by atoms with Gasteiger partial charge in [-0.25, -0.2) is 9.78 Å². The number of carbonyl (C=O) groups excluding carboxylic acids is 1. The molecule has 31 heavy (non-hydrogen) atoms. The third-order valence-corrected chi connectivity index (χ3v) is 4.75. The van der Waals surface area contributed by atoms with Gasteiger partial charge in [0.1, 0.15) is 0 Å². The zero-order chi connectivity index (χ0) is 22.9. The van der Waals surface area contributed by atoms with Crippen molar-refractivity contribution in [3.63, 3.8) is 0 Å². The van der Waals surface area contributed by atoms with Gasteiger partial charge in [0.15, 0.2) is 11.4 Å². The molecule has 8 nitrogen and oxygen atoms in total. The second kappa shape index (κ2) is 8.60. The Morgan fingerprint density at radius 2 is 1.97 bits per heavy atom. The Kier molecular flexibility index (Phi) is 6.27. The summed E-state index contributed by atoms with van der Waals surface area (Å²) < 4.78 is 46.2. The smallest absolute Gasteiger partial charge is 0.433 e. The summed E-state index contributed by atoms with van der Waals surface area (Å²) >= 11 is 11.7. The van der Waals surface area contributed by atoms with Crippen molar-refractivity contribution in [3.8, 4) is 11.8 Å². The van der Waals surface area contributed by atoms with Crippen LogP contribution in [0.15, 0.2) is 29.1 Å². The van der Waals surface area contributed by atoms with Gasteiger partial charge in [0.05, 0.1) is 22.2 Å². The van der Waals surface area contributed by atoms with E-state index >= 15 is 0 Å². The lowest BCUT2D eigenvalue weighted by molar-refractivity contribution is -0.142. The van der Waals surface area contributed by atoms with E-state index in [1.807, 2.05) is 0 Å². The summed E-state index contributed by atoms with van der Waals surface area (Å²) in [6.45, 7) is 1.55. The van der Waals surface area contributed by atoms with E-state index in [4.69, 9.17) is 27.9 Å². The number of aromatic amines is 1. The normalized spacial score (nSPS) is 11.5. The van der Waals surface area contributed by atoms with Gasteiger partial charge in [-0.2, -0.15) is 23.0 Å². The van der Waals surface area contributed by atoms with Crippen molar-refractivity contribution >= 4 is 29.2 Å². The third kappa shape index (κ3) is 4.83. The molecule has 0 unspecified atom stereocenters. The minimum Gasteiger partial charge on any atom is -0.493 e. The highest BCUT2D eigenvalue weighted by molar-refractivity contribution is 6.42. The average molecular weight is 477 g/mol. The Morgan fingerprint density at radius 1 is 1.26 bits per heavy atom. The van der Waals surface area contributed by atoms with Crippen molar-refractivity contribution in [2.75, 3.05) is 6.61 Å². The van der Waals surface area contributed by atoms with Gasteiger partial charge in [-0.1, -0.05) is 29.3 Å². The molecule has 0 radical (unpaired) electrons. The van der Waals surface area contributed by atoms with Crippen LogP contribution in [0.1, 0.15) is 34.2 Å². The zero-order valence-corrected chi connectivity index (χ0v) is 17.1. The van der Waals surface area contributed by atoms with Crippen LogP contribution >= 0.6 is 23.2 Å². The number of aromatic hydroxyl groups is 1. The van der Waals surface area contributed by atoms with Crippen molar-refractivity contribution in [1.82, 2.24) is 19.7 Å². The van der Waals surface area contributed by atoms with Gasteiger partial charge < -0.3 is 9.84 Å². The summed E-state index contributed by atoms with van der Waals surface area (Å²) in [7, 11) is 0. The number of nitrogens with zero attached hydrogens (tertiary/aromatic N) is 3. The van der Waals surface area contributed by atoms with E-state index in [-0.39, 0.29) is 22.3 Å². The van der Waals surface area contributed by atoms with E-state index in [0.717, 1.165) is 6.07 Å². The number of H-pyrrole nitrogens is 1. The summed E-state index contributed by atoms with van der Waals surface area (Å²) in [6.07, 6.45) is -5.44. The lowest BCUT2D eigenvalue weighted by Crippen LogP contribution is -2.26. The number of carbonyl (C=O) groups is 1. The maximum Gasteiger partial charge on any atom is 0.433 e. The Labute approximate surface area is 182 Å². The van der Waals surface area contributed by atoms with Crippen LogP contribution in [-0.2, 0) is 17.3 Å². The molecule has 0 saturated heterocycles. The molecule has 0 atom stereocenters. The van der Waals surface area contributed by atoms with Crippen LogP contribution in [0.25, 0.3) is 5.95 Å². The predicted molar refractivity (Wildman–Crippen MR) is 104 cm³/mol. The van der Waals surface area contributed by atoms with Crippen molar-refractivity contribution in [3.05, 3.63) is 67.2 Å². The Morgan fingerprint density at radius 3 is 2.58 bits per heavy atom. The van der Waals surface area contributed by atoms with E-state index in [1.165, 1.54) is 25.1 Å². The fraction of sp³-hybridized carbons (Fsp3) is 0.222. The molecule has 3 rings (SSSR count). The van der Waals surface area contributed by atoms with E-state index in [0.29, 0.717) is 10.2 Å². The largest absolute Gasteiger partial charge is 0.493 e. The maximum atomic E-state index is 13.7. The highest BCUT2D eigenvalue weighted by Gasteiger charge is 2.38. The Balaban J connectivity index is 2.10. The van der Waals surface area contributed by atoms with Crippen LogP contribution in [-0.4, -0.2) is 37.4 Å². The monoisotopic (exact) mass is 476 g/mol. The molecule has 2 aromatic heterocycles. The van der Waals surface area contributed by atoms with Gasteiger partial charge in [-0.3, -0.25) is 9.78 Å². The molecule has 0 fully saturated rings. The van der Waals surface area contributed by atoms with Gasteiger partial charge in [-0.15, -0.1) is 0 Å². The fourth-order valence-electron chi connectivity index (χ4n) is 2.67. The first-order valence-corrected chi connectivity index (χ1v) is 9.37. The molecule has 0 bridgehead atoms. The molecule has 0 amide bonds. The number of esters is 1. The van der Waals surface area contributed by atoms with E-state index < -0.39 is 47.2 Å². The molecule has 0 saturated carbocycles. The molecule has 2 heterocycles. The summed E-state index contributed by atoms with van der Waals surface area (Å²) in [6, 6.07) is 5.02. The number of ether oxygens (including phenoxy) is 1. The summed E-state index contributed by atoms with van der Waals surface area (Å²) in [4.78, 5) is 29.8. The number of aromatic nitrogens is 4. The van der Waals surface area contributed by atoms with Crippen molar-refractivity contribution in [2.45, 2.75) is 19.5 Å². The van der Waals surface area contributed by atoms with Gasteiger partial charge in [-0.05, 0) is 24.6 Å². The minimum atomic E-state index is -5.00.